The molecule has 7 heteroatoms. The second-order valence-corrected chi connectivity index (χ2v) is 8.47. The third kappa shape index (κ3) is 6.70. The zero-order valence-electron chi connectivity index (χ0n) is 15.9. The van der Waals surface area contributed by atoms with Crippen LogP contribution in [0.3, 0.4) is 0 Å². The standard InChI is InChI=1S/C20H29N3O2S.ClH/c1-14-11-15(20(25)22-16-5-3-2-4-6-16)7-8-18(14)23-19(24)12-17-13-26-10-9-21-17;/h7-8,11,16-17,21H,2-6,9-10,12-13H2,1H3,(H,22,25)(H,23,24);1H. The quantitative estimate of drug-likeness (QED) is 0.693. The highest BCUT2D eigenvalue weighted by Crippen LogP contribution is 2.20. The van der Waals surface area contributed by atoms with E-state index in [1.165, 1.54) is 19.3 Å². The summed E-state index contributed by atoms with van der Waals surface area (Å²) in [4.78, 5) is 24.7. The van der Waals surface area contributed by atoms with Gasteiger partial charge < -0.3 is 16.0 Å². The van der Waals surface area contributed by atoms with E-state index in [4.69, 9.17) is 0 Å². The van der Waals surface area contributed by atoms with E-state index in [-0.39, 0.29) is 30.3 Å². The smallest absolute Gasteiger partial charge is 0.251 e. The Morgan fingerprint density at radius 2 is 2.00 bits per heavy atom. The number of carbonyl (C=O) groups is 2. The first-order valence-electron chi connectivity index (χ1n) is 9.64. The maximum Gasteiger partial charge on any atom is 0.251 e. The van der Waals surface area contributed by atoms with Crippen molar-refractivity contribution in [1.29, 1.82) is 0 Å². The number of rotatable bonds is 5. The van der Waals surface area contributed by atoms with E-state index in [1.54, 1.807) is 6.07 Å². The Labute approximate surface area is 172 Å². The van der Waals surface area contributed by atoms with E-state index >= 15 is 0 Å². The number of benzene rings is 1. The van der Waals surface area contributed by atoms with Gasteiger partial charge in [0.25, 0.3) is 5.91 Å². The SMILES string of the molecule is Cc1cc(C(=O)NC2CCCCC2)ccc1NC(=O)CC1CSCCN1.Cl. The van der Waals surface area contributed by atoms with Gasteiger partial charge in [0.15, 0.2) is 0 Å². The van der Waals surface area contributed by atoms with Gasteiger partial charge in [-0.25, -0.2) is 0 Å². The van der Waals surface area contributed by atoms with Crippen LogP contribution in [0.15, 0.2) is 18.2 Å². The van der Waals surface area contributed by atoms with Crippen LogP contribution in [0.5, 0.6) is 0 Å². The van der Waals surface area contributed by atoms with Gasteiger partial charge in [-0.1, -0.05) is 19.3 Å². The third-order valence-electron chi connectivity index (χ3n) is 5.13. The molecule has 3 N–H and O–H groups in total. The summed E-state index contributed by atoms with van der Waals surface area (Å²) in [5.41, 5.74) is 2.37. The number of amides is 2. The number of anilines is 1. The lowest BCUT2D eigenvalue weighted by atomic mass is 9.95. The molecule has 0 spiro atoms. The van der Waals surface area contributed by atoms with E-state index in [1.807, 2.05) is 30.8 Å². The van der Waals surface area contributed by atoms with Gasteiger partial charge in [0.2, 0.25) is 5.91 Å². The van der Waals surface area contributed by atoms with E-state index in [2.05, 4.69) is 16.0 Å². The predicted molar refractivity (Wildman–Crippen MR) is 115 cm³/mol. The van der Waals surface area contributed by atoms with Crippen LogP contribution in [-0.2, 0) is 4.79 Å². The minimum atomic E-state index is -0.0127. The Morgan fingerprint density at radius 3 is 2.67 bits per heavy atom. The fourth-order valence-corrected chi connectivity index (χ4v) is 4.59. The molecule has 1 aromatic rings. The summed E-state index contributed by atoms with van der Waals surface area (Å²) in [7, 11) is 0. The number of hydrogen-bond donors (Lipinski definition) is 3. The molecule has 150 valence electrons. The van der Waals surface area contributed by atoms with Crippen LogP contribution in [0, 0.1) is 6.92 Å². The largest absolute Gasteiger partial charge is 0.349 e. The first kappa shape index (κ1) is 22.1. The van der Waals surface area contributed by atoms with Crippen LogP contribution in [-0.4, -0.2) is 41.9 Å². The Bertz CT molecular complexity index is 644. The lowest BCUT2D eigenvalue weighted by Gasteiger charge is -2.23. The molecule has 0 radical (unpaired) electrons. The molecule has 1 aliphatic heterocycles. The van der Waals surface area contributed by atoms with Crippen LogP contribution in [0.2, 0.25) is 0 Å². The molecule has 27 heavy (non-hydrogen) atoms. The molecule has 1 atom stereocenters. The van der Waals surface area contributed by atoms with Crippen molar-refractivity contribution in [2.24, 2.45) is 0 Å². The molecule has 2 fully saturated rings. The molecule has 1 saturated carbocycles. The van der Waals surface area contributed by atoms with Crippen molar-refractivity contribution in [3.63, 3.8) is 0 Å². The Kier molecular flexibility index (Phi) is 8.93. The molecule has 1 aromatic carbocycles. The Hall–Kier alpha value is -1.24. The fourth-order valence-electron chi connectivity index (χ4n) is 3.64. The first-order chi connectivity index (χ1) is 12.6. The number of nitrogens with one attached hydrogen (secondary N) is 3. The van der Waals surface area contributed by atoms with Crippen molar-refractivity contribution in [2.75, 3.05) is 23.4 Å². The molecule has 3 rings (SSSR count). The summed E-state index contributed by atoms with van der Waals surface area (Å²) in [5, 5.41) is 9.50. The highest BCUT2D eigenvalue weighted by atomic mass is 35.5. The van der Waals surface area contributed by atoms with Gasteiger partial charge in [-0.3, -0.25) is 9.59 Å². The molecule has 2 aliphatic rings. The van der Waals surface area contributed by atoms with E-state index in [0.717, 1.165) is 42.1 Å². The molecule has 5 nitrogen and oxygen atoms in total. The zero-order chi connectivity index (χ0) is 18.4. The zero-order valence-corrected chi connectivity index (χ0v) is 17.5. The van der Waals surface area contributed by atoms with Gasteiger partial charge in [-0.2, -0.15) is 11.8 Å². The summed E-state index contributed by atoms with van der Waals surface area (Å²) >= 11 is 1.89. The summed E-state index contributed by atoms with van der Waals surface area (Å²) in [6.07, 6.45) is 6.30. The van der Waals surface area contributed by atoms with Gasteiger partial charge in [0.1, 0.15) is 0 Å². The summed E-state index contributed by atoms with van der Waals surface area (Å²) in [6, 6.07) is 6.05. The van der Waals surface area contributed by atoms with Crippen molar-refractivity contribution < 1.29 is 9.59 Å². The number of carbonyl (C=O) groups excluding carboxylic acids is 2. The number of halogens is 1. The molecule has 0 bridgehead atoms. The van der Waals surface area contributed by atoms with E-state index < -0.39 is 0 Å². The van der Waals surface area contributed by atoms with Crippen LogP contribution in [0.1, 0.15) is 54.4 Å². The highest BCUT2D eigenvalue weighted by Gasteiger charge is 2.19. The second-order valence-electron chi connectivity index (χ2n) is 7.32. The van der Waals surface area contributed by atoms with Gasteiger partial charge in [0.05, 0.1) is 0 Å². The molecule has 1 unspecified atom stereocenters. The van der Waals surface area contributed by atoms with Crippen molar-refractivity contribution >= 4 is 41.7 Å². The molecule has 1 saturated heterocycles. The van der Waals surface area contributed by atoms with Crippen molar-refractivity contribution in [2.45, 2.75) is 57.5 Å². The van der Waals surface area contributed by atoms with Crippen LogP contribution in [0.4, 0.5) is 5.69 Å². The normalized spacial score (nSPS) is 20.4. The first-order valence-corrected chi connectivity index (χ1v) is 10.8. The Morgan fingerprint density at radius 1 is 1.22 bits per heavy atom. The van der Waals surface area contributed by atoms with E-state index in [9.17, 15) is 9.59 Å². The van der Waals surface area contributed by atoms with Crippen molar-refractivity contribution in [3.8, 4) is 0 Å². The van der Waals surface area contributed by atoms with Gasteiger partial charge in [0, 0.05) is 47.8 Å². The molecule has 2 amide bonds. The second kappa shape index (κ2) is 10.9. The fraction of sp³-hybridized carbons (Fsp3) is 0.600. The van der Waals surface area contributed by atoms with Gasteiger partial charge >= 0.3 is 0 Å². The van der Waals surface area contributed by atoms with Crippen molar-refractivity contribution in [3.05, 3.63) is 29.3 Å². The molecule has 1 aliphatic carbocycles. The average molecular weight is 412 g/mol. The lowest BCUT2D eigenvalue weighted by molar-refractivity contribution is -0.116. The molecule has 1 heterocycles. The average Bonchev–Trinajstić information content (AvgIpc) is 2.65. The van der Waals surface area contributed by atoms with Gasteiger partial charge in [-0.05, 0) is 43.5 Å². The minimum Gasteiger partial charge on any atom is -0.349 e. The maximum atomic E-state index is 12.5. The van der Waals surface area contributed by atoms with Crippen LogP contribution < -0.4 is 16.0 Å². The number of aryl methyl sites for hydroxylation is 1. The third-order valence-corrected chi connectivity index (χ3v) is 6.26. The van der Waals surface area contributed by atoms with Gasteiger partial charge in [-0.15, -0.1) is 12.4 Å². The monoisotopic (exact) mass is 411 g/mol. The summed E-state index contributed by atoms with van der Waals surface area (Å²) in [5.74, 6) is 2.10. The van der Waals surface area contributed by atoms with E-state index in [0.29, 0.717) is 18.0 Å². The minimum absolute atomic E-state index is 0. The lowest BCUT2D eigenvalue weighted by Crippen LogP contribution is -2.40. The topological polar surface area (TPSA) is 70.2 Å². The summed E-state index contributed by atoms with van der Waals surface area (Å²) < 4.78 is 0. The molecular formula is C20H30ClN3O2S. The number of thioether (sulfide) groups is 1. The predicted octanol–water partition coefficient (Wildman–Crippen LogP) is 3.51. The molecule has 0 aromatic heterocycles. The van der Waals surface area contributed by atoms with Crippen LogP contribution in [0.25, 0.3) is 0 Å². The Balaban J connectivity index is 0.00000261. The highest BCUT2D eigenvalue weighted by molar-refractivity contribution is 7.99. The number of hydrogen-bond acceptors (Lipinski definition) is 4. The van der Waals surface area contributed by atoms with Crippen molar-refractivity contribution in [1.82, 2.24) is 10.6 Å². The van der Waals surface area contributed by atoms with Crippen LogP contribution >= 0.6 is 24.2 Å². The maximum absolute atomic E-state index is 12.5. The summed E-state index contributed by atoms with van der Waals surface area (Å²) in [6.45, 7) is 2.90. The molecular weight excluding hydrogens is 382 g/mol.